The minimum atomic E-state index is 0.834. The predicted molar refractivity (Wildman–Crippen MR) is 69.4 cm³/mol. The van der Waals surface area contributed by atoms with E-state index >= 15 is 0 Å². The van der Waals surface area contributed by atoms with Gasteiger partial charge in [-0.25, -0.2) is 0 Å². The molecule has 16 heavy (non-hydrogen) atoms. The monoisotopic (exact) mass is 254 g/mol. The predicted octanol–water partition coefficient (Wildman–Crippen LogP) is 3.77. The molecule has 2 aromatic rings. The third kappa shape index (κ3) is 2.47. The Hall–Kier alpha value is -0.800. The van der Waals surface area contributed by atoms with Gasteiger partial charge in [-0.3, -0.25) is 4.68 Å². The van der Waals surface area contributed by atoms with Crippen LogP contribution in [0.2, 0.25) is 4.34 Å². The first-order valence-corrected chi connectivity index (χ1v) is 6.72. The van der Waals surface area contributed by atoms with Crippen molar-refractivity contribution in [2.45, 2.75) is 33.2 Å². The molecule has 0 saturated carbocycles. The number of aromatic nitrogens is 2. The smallest absolute Gasteiger partial charge is 0.0931 e. The second-order valence-corrected chi connectivity index (χ2v) is 5.50. The van der Waals surface area contributed by atoms with Gasteiger partial charge in [-0.2, -0.15) is 5.10 Å². The van der Waals surface area contributed by atoms with Gasteiger partial charge in [0, 0.05) is 10.6 Å². The van der Waals surface area contributed by atoms with Crippen molar-refractivity contribution in [2.75, 3.05) is 0 Å². The molecular formula is C12H15ClN2S. The van der Waals surface area contributed by atoms with Crippen LogP contribution in [-0.2, 0) is 19.4 Å². The first-order chi connectivity index (χ1) is 7.72. The summed E-state index contributed by atoms with van der Waals surface area (Å²) in [7, 11) is 0. The summed E-state index contributed by atoms with van der Waals surface area (Å²) in [6.07, 6.45) is 2.01. The fraction of sp³-hybridized carbons (Fsp3) is 0.417. The van der Waals surface area contributed by atoms with Crippen molar-refractivity contribution in [2.24, 2.45) is 0 Å². The van der Waals surface area contributed by atoms with Crippen molar-refractivity contribution < 1.29 is 0 Å². The third-order valence-corrected chi connectivity index (χ3v) is 3.79. The van der Waals surface area contributed by atoms with Crippen LogP contribution >= 0.6 is 22.9 Å². The van der Waals surface area contributed by atoms with Crippen LogP contribution in [-0.4, -0.2) is 9.78 Å². The molecule has 4 heteroatoms. The Morgan fingerprint density at radius 3 is 2.69 bits per heavy atom. The Labute approximate surface area is 105 Å². The highest BCUT2D eigenvalue weighted by Gasteiger charge is 2.07. The lowest BCUT2D eigenvalue weighted by molar-refractivity contribution is 0.646. The molecule has 0 spiro atoms. The lowest BCUT2D eigenvalue weighted by Gasteiger charge is -2.03. The number of thiophene rings is 1. The normalized spacial score (nSPS) is 10.9. The van der Waals surface area contributed by atoms with Crippen molar-refractivity contribution in [3.8, 4) is 0 Å². The molecule has 86 valence electrons. The molecule has 0 N–H and O–H groups in total. The molecule has 2 rings (SSSR count). The Kier molecular flexibility index (Phi) is 3.66. The summed E-state index contributed by atoms with van der Waals surface area (Å²) in [6, 6.07) is 6.20. The molecule has 0 aliphatic heterocycles. The molecule has 0 saturated heterocycles. The van der Waals surface area contributed by atoms with Crippen LogP contribution in [0, 0.1) is 0 Å². The first kappa shape index (κ1) is 11.7. The van der Waals surface area contributed by atoms with E-state index in [0.717, 1.165) is 23.7 Å². The van der Waals surface area contributed by atoms with E-state index in [0.29, 0.717) is 0 Å². The summed E-state index contributed by atoms with van der Waals surface area (Å²) in [5, 5.41) is 4.58. The highest BCUT2D eigenvalue weighted by molar-refractivity contribution is 7.16. The zero-order chi connectivity index (χ0) is 11.5. The number of nitrogens with zero attached hydrogens (tertiary/aromatic N) is 2. The lowest BCUT2D eigenvalue weighted by Crippen LogP contribution is -2.04. The molecule has 0 aliphatic rings. The van der Waals surface area contributed by atoms with Gasteiger partial charge >= 0.3 is 0 Å². The number of rotatable bonds is 4. The molecule has 0 fully saturated rings. The summed E-state index contributed by atoms with van der Waals surface area (Å²) < 4.78 is 2.93. The average Bonchev–Trinajstić information content (AvgIpc) is 2.85. The van der Waals surface area contributed by atoms with E-state index in [2.05, 4.69) is 35.8 Å². The minimum Gasteiger partial charge on any atom is -0.264 e. The van der Waals surface area contributed by atoms with E-state index < -0.39 is 0 Å². The maximum atomic E-state index is 5.92. The summed E-state index contributed by atoms with van der Waals surface area (Å²) in [5.41, 5.74) is 2.46. The average molecular weight is 255 g/mol. The molecule has 0 atom stereocenters. The fourth-order valence-corrected chi connectivity index (χ4v) is 2.76. The highest BCUT2D eigenvalue weighted by atomic mass is 35.5. The topological polar surface area (TPSA) is 17.8 Å². The van der Waals surface area contributed by atoms with Gasteiger partial charge in [-0.1, -0.05) is 25.4 Å². The summed E-state index contributed by atoms with van der Waals surface area (Å²) >= 11 is 7.54. The van der Waals surface area contributed by atoms with Gasteiger partial charge in [-0.15, -0.1) is 11.3 Å². The second-order valence-electron chi connectivity index (χ2n) is 3.70. The molecule has 0 radical (unpaired) electrons. The van der Waals surface area contributed by atoms with Crippen molar-refractivity contribution in [1.82, 2.24) is 9.78 Å². The quantitative estimate of drug-likeness (QED) is 0.812. The van der Waals surface area contributed by atoms with Gasteiger partial charge in [0.1, 0.15) is 0 Å². The Bertz CT molecular complexity index is 473. The fourth-order valence-electron chi connectivity index (χ4n) is 1.69. The molecular weight excluding hydrogens is 240 g/mol. The van der Waals surface area contributed by atoms with E-state index in [4.69, 9.17) is 11.6 Å². The Morgan fingerprint density at radius 2 is 2.12 bits per heavy atom. The van der Waals surface area contributed by atoms with Gasteiger partial charge < -0.3 is 0 Å². The zero-order valence-electron chi connectivity index (χ0n) is 9.53. The molecule has 0 aliphatic carbocycles. The van der Waals surface area contributed by atoms with Gasteiger partial charge in [0.25, 0.3) is 0 Å². The van der Waals surface area contributed by atoms with Crippen molar-refractivity contribution >= 4 is 22.9 Å². The van der Waals surface area contributed by atoms with Crippen molar-refractivity contribution in [3.05, 3.63) is 38.8 Å². The summed E-state index contributed by atoms with van der Waals surface area (Å²) in [5.74, 6) is 0. The van der Waals surface area contributed by atoms with Crippen molar-refractivity contribution in [3.63, 3.8) is 0 Å². The van der Waals surface area contributed by atoms with E-state index in [-0.39, 0.29) is 0 Å². The number of halogens is 1. The number of aryl methyl sites for hydroxylation is 2. The number of hydrogen-bond acceptors (Lipinski definition) is 2. The minimum absolute atomic E-state index is 0.834. The van der Waals surface area contributed by atoms with Gasteiger partial charge in [-0.05, 0) is 31.0 Å². The lowest BCUT2D eigenvalue weighted by atomic mass is 10.2. The Morgan fingerprint density at radius 1 is 1.31 bits per heavy atom. The first-order valence-electron chi connectivity index (χ1n) is 5.52. The molecule has 0 amide bonds. The molecule has 2 aromatic heterocycles. The van der Waals surface area contributed by atoms with Crippen molar-refractivity contribution in [1.29, 1.82) is 0 Å². The maximum Gasteiger partial charge on any atom is 0.0931 e. The molecule has 0 aromatic carbocycles. The van der Waals surface area contributed by atoms with Crippen LogP contribution in [0.1, 0.15) is 30.1 Å². The van der Waals surface area contributed by atoms with Gasteiger partial charge in [0.05, 0.1) is 16.6 Å². The molecule has 2 nitrogen and oxygen atoms in total. The second kappa shape index (κ2) is 5.02. The molecule has 0 unspecified atom stereocenters. The molecule has 2 heterocycles. The summed E-state index contributed by atoms with van der Waals surface area (Å²) in [4.78, 5) is 1.26. The summed E-state index contributed by atoms with van der Waals surface area (Å²) in [6.45, 7) is 5.13. The van der Waals surface area contributed by atoms with Crippen LogP contribution < -0.4 is 0 Å². The van der Waals surface area contributed by atoms with Gasteiger partial charge in [0.2, 0.25) is 0 Å². The maximum absolute atomic E-state index is 5.92. The molecule has 0 bridgehead atoms. The number of hydrogen-bond donors (Lipinski definition) is 0. The highest BCUT2D eigenvalue weighted by Crippen LogP contribution is 2.22. The van der Waals surface area contributed by atoms with Crippen LogP contribution in [0.4, 0.5) is 0 Å². The van der Waals surface area contributed by atoms with E-state index in [9.17, 15) is 0 Å². The van der Waals surface area contributed by atoms with Crippen LogP contribution in [0.25, 0.3) is 0 Å². The van der Waals surface area contributed by atoms with E-state index in [1.165, 1.54) is 16.3 Å². The standard InChI is InChI=1S/C12H15ClN2S/c1-3-9-7-10(4-2)15(14-9)8-11-5-6-12(13)16-11/h5-7H,3-4,8H2,1-2H3. The van der Waals surface area contributed by atoms with Crippen LogP contribution in [0.3, 0.4) is 0 Å². The third-order valence-electron chi connectivity index (χ3n) is 2.57. The van der Waals surface area contributed by atoms with E-state index in [1.807, 2.05) is 6.07 Å². The zero-order valence-corrected chi connectivity index (χ0v) is 11.1. The van der Waals surface area contributed by atoms with E-state index in [1.54, 1.807) is 11.3 Å². The van der Waals surface area contributed by atoms with Crippen LogP contribution in [0.5, 0.6) is 0 Å². The van der Waals surface area contributed by atoms with Gasteiger partial charge in [0.15, 0.2) is 0 Å². The Balaban J connectivity index is 2.22. The SMILES string of the molecule is CCc1cc(CC)n(Cc2ccc(Cl)s2)n1. The largest absolute Gasteiger partial charge is 0.264 e. The van der Waals surface area contributed by atoms with Crippen LogP contribution in [0.15, 0.2) is 18.2 Å².